The normalized spacial score (nSPS) is 20.8. The van der Waals surface area contributed by atoms with Crippen LogP contribution in [0.1, 0.15) is 22.8 Å². The first-order chi connectivity index (χ1) is 11.1. The highest BCUT2D eigenvalue weighted by atomic mass is 127. The molecular weight excluding hydrogens is 417 g/mol. The molecule has 0 aliphatic carbocycles. The van der Waals surface area contributed by atoms with E-state index < -0.39 is 0 Å². The zero-order valence-electron chi connectivity index (χ0n) is 14.3. The average molecular weight is 443 g/mol. The smallest absolute Gasteiger partial charge is 0.253 e. The fourth-order valence-corrected chi connectivity index (χ4v) is 2.80. The number of likely N-dealkylation sites (N-methyl/N-ethyl adjacent to an activating group) is 1. The Hall–Kier alpha value is -1.35. The van der Waals surface area contributed by atoms with E-state index in [0.717, 1.165) is 49.8 Å². The van der Waals surface area contributed by atoms with Crippen molar-refractivity contribution in [2.45, 2.75) is 19.5 Å². The third-order valence-corrected chi connectivity index (χ3v) is 4.36. The van der Waals surface area contributed by atoms with Gasteiger partial charge in [0.15, 0.2) is 5.96 Å². The maximum atomic E-state index is 12.5. The van der Waals surface area contributed by atoms with E-state index in [-0.39, 0.29) is 29.9 Å². The molecule has 132 valence electrons. The van der Waals surface area contributed by atoms with Crippen LogP contribution in [0.15, 0.2) is 29.3 Å². The Bertz CT molecular complexity index is 581. The molecule has 0 bridgehead atoms. The number of piperazine rings is 1. The zero-order chi connectivity index (χ0) is 16.2. The summed E-state index contributed by atoms with van der Waals surface area (Å²) in [5.74, 6) is 0.989. The second kappa shape index (κ2) is 8.66. The number of carbonyl (C=O) groups is 1. The van der Waals surface area contributed by atoms with Gasteiger partial charge >= 0.3 is 0 Å². The van der Waals surface area contributed by atoms with Gasteiger partial charge in [-0.15, -0.1) is 24.0 Å². The summed E-state index contributed by atoms with van der Waals surface area (Å²) in [7, 11) is 2.09. The summed E-state index contributed by atoms with van der Waals surface area (Å²) in [4.78, 5) is 21.0. The zero-order valence-corrected chi connectivity index (χ0v) is 16.6. The number of guanidine groups is 1. The van der Waals surface area contributed by atoms with Crippen molar-refractivity contribution in [1.29, 1.82) is 0 Å². The number of halogens is 1. The van der Waals surface area contributed by atoms with Crippen molar-refractivity contribution >= 4 is 35.8 Å². The first-order valence-electron chi connectivity index (χ1n) is 8.23. The molecule has 3 rings (SSSR count). The van der Waals surface area contributed by atoms with Gasteiger partial charge in [-0.3, -0.25) is 9.79 Å². The van der Waals surface area contributed by atoms with Crippen LogP contribution in [0.3, 0.4) is 0 Å². The molecule has 1 atom stereocenters. The number of benzene rings is 1. The van der Waals surface area contributed by atoms with Crippen LogP contribution in [-0.2, 0) is 6.54 Å². The minimum absolute atomic E-state index is 0. The van der Waals surface area contributed by atoms with E-state index in [1.54, 1.807) is 0 Å². The minimum atomic E-state index is 0. The molecule has 2 aliphatic heterocycles. The number of carbonyl (C=O) groups excluding carboxylic acids is 1. The number of aliphatic imine (C=N–C) groups is 1. The molecule has 2 heterocycles. The third-order valence-electron chi connectivity index (χ3n) is 4.36. The lowest BCUT2D eigenvalue weighted by Crippen LogP contribution is -2.47. The fraction of sp³-hybridized carbons (Fsp3) is 0.529. The molecule has 24 heavy (non-hydrogen) atoms. The van der Waals surface area contributed by atoms with E-state index in [0.29, 0.717) is 12.6 Å². The SMILES string of the molecule is CC1CN=C(NCc2ccc(C(=O)N3CCN(C)CC3)cc2)N1.I. The highest BCUT2D eigenvalue weighted by Gasteiger charge is 2.20. The lowest BCUT2D eigenvalue weighted by atomic mass is 10.1. The number of rotatable bonds is 3. The van der Waals surface area contributed by atoms with Gasteiger partial charge in [-0.25, -0.2) is 0 Å². The van der Waals surface area contributed by atoms with Crippen molar-refractivity contribution in [2.75, 3.05) is 39.8 Å². The van der Waals surface area contributed by atoms with Gasteiger partial charge in [-0.05, 0) is 31.7 Å². The van der Waals surface area contributed by atoms with Crippen LogP contribution in [0.4, 0.5) is 0 Å². The van der Waals surface area contributed by atoms with Gasteiger partial charge < -0.3 is 20.4 Å². The first kappa shape index (κ1) is 19.0. The highest BCUT2D eigenvalue weighted by molar-refractivity contribution is 14.0. The van der Waals surface area contributed by atoms with E-state index in [1.165, 1.54) is 0 Å². The topological polar surface area (TPSA) is 60.0 Å². The van der Waals surface area contributed by atoms with Gasteiger partial charge in [0.2, 0.25) is 0 Å². The van der Waals surface area contributed by atoms with Crippen LogP contribution in [0.5, 0.6) is 0 Å². The van der Waals surface area contributed by atoms with Crippen molar-refractivity contribution < 1.29 is 4.79 Å². The van der Waals surface area contributed by atoms with Gasteiger partial charge in [0.1, 0.15) is 0 Å². The van der Waals surface area contributed by atoms with Gasteiger partial charge in [0, 0.05) is 44.3 Å². The maximum Gasteiger partial charge on any atom is 0.253 e. The van der Waals surface area contributed by atoms with Gasteiger partial charge in [0.25, 0.3) is 5.91 Å². The molecule has 2 aliphatic rings. The van der Waals surface area contributed by atoms with Crippen molar-refractivity contribution in [3.8, 4) is 0 Å². The van der Waals surface area contributed by atoms with Crippen LogP contribution in [0.25, 0.3) is 0 Å². The Balaban J connectivity index is 0.00000208. The number of nitrogens with one attached hydrogen (secondary N) is 2. The molecule has 1 unspecified atom stereocenters. The number of hydrogen-bond acceptors (Lipinski definition) is 5. The van der Waals surface area contributed by atoms with Crippen LogP contribution in [0, 0.1) is 0 Å². The molecule has 0 saturated carbocycles. The van der Waals surface area contributed by atoms with Gasteiger partial charge in [0.05, 0.1) is 6.54 Å². The molecule has 1 fully saturated rings. The second-order valence-electron chi connectivity index (χ2n) is 6.38. The molecule has 0 spiro atoms. The van der Waals surface area contributed by atoms with Crippen molar-refractivity contribution in [3.63, 3.8) is 0 Å². The predicted octanol–water partition coefficient (Wildman–Crippen LogP) is 1.13. The molecule has 1 amide bonds. The minimum Gasteiger partial charge on any atom is -0.352 e. The van der Waals surface area contributed by atoms with Crippen LogP contribution >= 0.6 is 24.0 Å². The Labute approximate surface area is 160 Å². The Morgan fingerprint density at radius 3 is 2.50 bits per heavy atom. The Kier molecular flexibility index (Phi) is 6.85. The Morgan fingerprint density at radius 1 is 1.25 bits per heavy atom. The second-order valence-corrected chi connectivity index (χ2v) is 6.38. The monoisotopic (exact) mass is 443 g/mol. The predicted molar refractivity (Wildman–Crippen MR) is 107 cm³/mol. The summed E-state index contributed by atoms with van der Waals surface area (Å²) in [6.07, 6.45) is 0. The van der Waals surface area contributed by atoms with E-state index in [9.17, 15) is 4.79 Å². The lowest BCUT2D eigenvalue weighted by Gasteiger charge is -2.32. The maximum absolute atomic E-state index is 12.5. The van der Waals surface area contributed by atoms with E-state index >= 15 is 0 Å². The van der Waals surface area contributed by atoms with E-state index in [4.69, 9.17) is 0 Å². The molecule has 7 heteroatoms. The van der Waals surface area contributed by atoms with Crippen molar-refractivity contribution in [3.05, 3.63) is 35.4 Å². The molecule has 0 radical (unpaired) electrons. The summed E-state index contributed by atoms with van der Waals surface area (Å²) in [6, 6.07) is 8.26. The summed E-state index contributed by atoms with van der Waals surface area (Å²) in [5.41, 5.74) is 1.91. The summed E-state index contributed by atoms with van der Waals surface area (Å²) >= 11 is 0. The van der Waals surface area contributed by atoms with E-state index in [1.807, 2.05) is 29.2 Å². The van der Waals surface area contributed by atoms with E-state index in [2.05, 4.69) is 34.5 Å². The van der Waals surface area contributed by atoms with Gasteiger partial charge in [-0.2, -0.15) is 0 Å². The summed E-state index contributed by atoms with van der Waals surface area (Å²) in [5, 5.41) is 6.56. The average Bonchev–Trinajstić information content (AvgIpc) is 2.99. The molecule has 2 N–H and O–H groups in total. The number of hydrogen-bond donors (Lipinski definition) is 2. The molecule has 0 aromatic heterocycles. The van der Waals surface area contributed by atoms with Crippen LogP contribution in [-0.4, -0.2) is 67.5 Å². The quantitative estimate of drug-likeness (QED) is 0.688. The van der Waals surface area contributed by atoms with Crippen LogP contribution < -0.4 is 10.6 Å². The molecule has 6 nitrogen and oxygen atoms in total. The summed E-state index contributed by atoms with van der Waals surface area (Å²) in [6.45, 7) is 7.15. The number of nitrogens with zero attached hydrogens (tertiary/aromatic N) is 3. The number of amides is 1. The van der Waals surface area contributed by atoms with Gasteiger partial charge in [-0.1, -0.05) is 12.1 Å². The molecule has 1 aromatic rings. The van der Waals surface area contributed by atoms with Crippen molar-refractivity contribution in [1.82, 2.24) is 20.4 Å². The molecule has 1 aromatic carbocycles. The fourth-order valence-electron chi connectivity index (χ4n) is 2.80. The first-order valence-corrected chi connectivity index (χ1v) is 8.23. The van der Waals surface area contributed by atoms with Crippen LogP contribution in [0.2, 0.25) is 0 Å². The largest absolute Gasteiger partial charge is 0.352 e. The highest BCUT2D eigenvalue weighted by Crippen LogP contribution is 2.10. The van der Waals surface area contributed by atoms with Crippen molar-refractivity contribution in [2.24, 2.45) is 4.99 Å². The Morgan fingerprint density at radius 2 is 1.92 bits per heavy atom. The lowest BCUT2D eigenvalue weighted by molar-refractivity contribution is 0.0664. The summed E-state index contributed by atoms with van der Waals surface area (Å²) < 4.78 is 0. The third kappa shape index (κ3) is 4.83. The molecular formula is C17H26IN5O. The standard InChI is InChI=1S/C17H25N5O.HI/c1-13-11-18-17(20-13)19-12-14-3-5-15(6-4-14)16(23)22-9-7-21(2)8-10-22;/h3-6,13H,7-12H2,1-2H3,(H2,18,19,20);1H. The molecule has 1 saturated heterocycles.